The second-order valence-electron chi connectivity index (χ2n) is 4.63. The van der Waals surface area contributed by atoms with Gasteiger partial charge >= 0.3 is 0 Å². The Labute approximate surface area is 80.3 Å². The van der Waals surface area contributed by atoms with Crippen LogP contribution >= 0.6 is 0 Å². The summed E-state index contributed by atoms with van der Waals surface area (Å²) in [5.74, 6) is -0.199. The summed E-state index contributed by atoms with van der Waals surface area (Å²) in [5, 5.41) is 0. The molecule has 1 aliphatic rings. The highest BCUT2D eigenvalue weighted by Gasteiger charge is 2.35. The third-order valence-corrected chi connectivity index (χ3v) is 2.99. The molecule has 0 aromatic rings. The van der Waals surface area contributed by atoms with Gasteiger partial charge in [-0.05, 0) is 40.2 Å². The number of hydrogen-bond donors (Lipinski definition) is 1. The minimum Gasteiger partial charge on any atom is -0.370 e. The van der Waals surface area contributed by atoms with Crippen molar-refractivity contribution in [3.8, 4) is 0 Å². The molecule has 1 heterocycles. The summed E-state index contributed by atoms with van der Waals surface area (Å²) in [5.41, 5.74) is 5.43. The van der Waals surface area contributed by atoms with Gasteiger partial charge in [-0.25, -0.2) is 0 Å². The lowest BCUT2D eigenvalue weighted by Crippen LogP contribution is -2.45. The molecule has 3 nitrogen and oxygen atoms in total. The van der Waals surface area contributed by atoms with Crippen LogP contribution in [0.4, 0.5) is 0 Å². The summed E-state index contributed by atoms with van der Waals surface area (Å²) < 4.78 is 0. The lowest BCUT2D eigenvalue weighted by Gasteiger charge is -2.36. The standard InChI is InChI=1S/C10H20N2O/c1-8(7-9(11)13)12-6-4-5-10(12,2)3/h8H,4-7H2,1-3H3,(H2,11,13). The smallest absolute Gasteiger partial charge is 0.218 e. The predicted molar refractivity (Wildman–Crippen MR) is 53.3 cm³/mol. The largest absolute Gasteiger partial charge is 0.370 e. The molecule has 3 heteroatoms. The number of nitrogens with two attached hydrogens (primary N) is 1. The van der Waals surface area contributed by atoms with Crippen LogP contribution in [0.15, 0.2) is 0 Å². The van der Waals surface area contributed by atoms with Gasteiger partial charge in [-0.2, -0.15) is 0 Å². The van der Waals surface area contributed by atoms with E-state index in [1.54, 1.807) is 0 Å². The molecular formula is C10H20N2O. The molecule has 1 atom stereocenters. The van der Waals surface area contributed by atoms with Gasteiger partial charge in [-0.3, -0.25) is 9.69 Å². The van der Waals surface area contributed by atoms with Gasteiger partial charge in [0.15, 0.2) is 0 Å². The molecule has 1 amide bonds. The molecule has 0 radical (unpaired) electrons. The number of nitrogens with zero attached hydrogens (tertiary/aromatic N) is 1. The van der Waals surface area contributed by atoms with E-state index in [9.17, 15) is 4.79 Å². The normalized spacial score (nSPS) is 24.5. The van der Waals surface area contributed by atoms with Gasteiger partial charge in [0.05, 0.1) is 0 Å². The molecule has 1 aliphatic heterocycles. The van der Waals surface area contributed by atoms with E-state index in [0.717, 1.165) is 6.54 Å². The molecule has 1 saturated heterocycles. The monoisotopic (exact) mass is 184 g/mol. The number of rotatable bonds is 3. The molecule has 0 bridgehead atoms. The quantitative estimate of drug-likeness (QED) is 0.714. The molecule has 1 fully saturated rings. The van der Waals surface area contributed by atoms with Crippen molar-refractivity contribution < 1.29 is 4.79 Å². The van der Waals surface area contributed by atoms with Gasteiger partial charge in [-0.15, -0.1) is 0 Å². The van der Waals surface area contributed by atoms with Gasteiger partial charge in [0, 0.05) is 18.0 Å². The number of likely N-dealkylation sites (tertiary alicyclic amines) is 1. The first-order valence-electron chi connectivity index (χ1n) is 4.98. The summed E-state index contributed by atoms with van der Waals surface area (Å²) in [6.07, 6.45) is 2.93. The molecule has 0 aromatic heterocycles. The van der Waals surface area contributed by atoms with Gasteiger partial charge in [-0.1, -0.05) is 0 Å². The fourth-order valence-electron chi connectivity index (χ4n) is 2.35. The predicted octanol–water partition coefficient (Wildman–Crippen LogP) is 1.12. The van der Waals surface area contributed by atoms with Crippen molar-refractivity contribution in [2.45, 2.75) is 51.6 Å². The van der Waals surface area contributed by atoms with Crippen molar-refractivity contribution in [1.82, 2.24) is 4.90 Å². The maximum absolute atomic E-state index is 10.8. The van der Waals surface area contributed by atoms with E-state index in [0.29, 0.717) is 6.42 Å². The summed E-state index contributed by atoms with van der Waals surface area (Å²) in [7, 11) is 0. The van der Waals surface area contributed by atoms with Crippen molar-refractivity contribution in [1.29, 1.82) is 0 Å². The highest BCUT2D eigenvalue weighted by molar-refractivity contribution is 5.74. The molecule has 76 valence electrons. The first kappa shape index (κ1) is 10.5. The van der Waals surface area contributed by atoms with E-state index < -0.39 is 0 Å². The van der Waals surface area contributed by atoms with Crippen molar-refractivity contribution in [3.63, 3.8) is 0 Å². The molecule has 2 N–H and O–H groups in total. The highest BCUT2D eigenvalue weighted by atomic mass is 16.1. The third-order valence-electron chi connectivity index (χ3n) is 2.99. The van der Waals surface area contributed by atoms with E-state index >= 15 is 0 Å². The highest BCUT2D eigenvalue weighted by Crippen LogP contribution is 2.30. The van der Waals surface area contributed by atoms with Crippen LogP contribution in [-0.2, 0) is 4.79 Å². The average Bonchev–Trinajstić information content (AvgIpc) is 2.27. The van der Waals surface area contributed by atoms with Crippen LogP contribution in [-0.4, -0.2) is 28.9 Å². The van der Waals surface area contributed by atoms with Crippen molar-refractivity contribution in [2.24, 2.45) is 5.73 Å². The Bertz CT molecular complexity index is 201. The number of carbonyl (C=O) groups excluding carboxylic acids is 1. The van der Waals surface area contributed by atoms with Crippen LogP contribution in [0.1, 0.15) is 40.0 Å². The number of hydrogen-bond acceptors (Lipinski definition) is 2. The fraction of sp³-hybridized carbons (Fsp3) is 0.900. The van der Waals surface area contributed by atoms with E-state index in [1.165, 1.54) is 12.8 Å². The SMILES string of the molecule is CC(CC(N)=O)N1CCCC1(C)C. The van der Waals surface area contributed by atoms with E-state index in [4.69, 9.17) is 5.73 Å². The zero-order valence-corrected chi connectivity index (χ0v) is 8.84. The molecule has 0 saturated carbocycles. The van der Waals surface area contributed by atoms with Gasteiger partial charge in [0.1, 0.15) is 0 Å². The maximum atomic E-state index is 10.8. The second kappa shape index (κ2) is 3.66. The third kappa shape index (κ3) is 2.44. The lowest BCUT2D eigenvalue weighted by molar-refractivity contribution is -0.119. The minimum absolute atomic E-state index is 0.199. The minimum atomic E-state index is -0.199. The van der Waals surface area contributed by atoms with Crippen LogP contribution < -0.4 is 5.73 Å². The first-order chi connectivity index (χ1) is 5.93. The molecule has 1 unspecified atom stereocenters. The Kier molecular flexibility index (Phi) is 2.96. The van der Waals surface area contributed by atoms with E-state index in [1.807, 2.05) is 0 Å². The molecule has 0 aliphatic carbocycles. The molecule has 0 aromatic carbocycles. The second-order valence-corrected chi connectivity index (χ2v) is 4.63. The fourth-order valence-corrected chi connectivity index (χ4v) is 2.35. The Balaban J connectivity index is 2.55. The van der Waals surface area contributed by atoms with Gasteiger partial charge in [0.2, 0.25) is 5.91 Å². The van der Waals surface area contributed by atoms with E-state index in [2.05, 4.69) is 25.7 Å². The molecule has 0 spiro atoms. The molecular weight excluding hydrogens is 164 g/mol. The number of primary amides is 1. The zero-order valence-electron chi connectivity index (χ0n) is 8.84. The number of amides is 1. The summed E-state index contributed by atoms with van der Waals surface area (Å²) in [4.78, 5) is 13.2. The maximum Gasteiger partial charge on any atom is 0.218 e. The van der Waals surface area contributed by atoms with Crippen molar-refractivity contribution >= 4 is 5.91 Å². The average molecular weight is 184 g/mol. The van der Waals surface area contributed by atoms with Crippen LogP contribution in [0.3, 0.4) is 0 Å². The topological polar surface area (TPSA) is 46.3 Å². The van der Waals surface area contributed by atoms with Crippen LogP contribution in [0.5, 0.6) is 0 Å². The zero-order chi connectivity index (χ0) is 10.1. The molecule has 1 rings (SSSR count). The van der Waals surface area contributed by atoms with Crippen LogP contribution in [0.2, 0.25) is 0 Å². The Morgan fingerprint density at radius 1 is 1.62 bits per heavy atom. The Hall–Kier alpha value is -0.570. The van der Waals surface area contributed by atoms with Crippen LogP contribution in [0, 0.1) is 0 Å². The van der Waals surface area contributed by atoms with Gasteiger partial charge in [0.25, 0.3) is 0 Å². The first-order valence-corrected chi connectivity index (χ1v) is 4.98. The van der Waals surface area contributed by atoms with Crippen LogP contribution in [0.25, 0.3) is 0 Å². The summed E-state index contributed by atoms with van der Waals surface area (Å²) in [6.45, 7) is 7.65. The Morgan fingerprint density at radius 2 is 2.23 bits per heavy atom. The molecule has 13 heavy (non-hydrogen) atoms. The van der Waals surface area contributed by atoms with Crippen molar-refractivity contribution in [2.75, 3.05) is 6.54 Å². The van der Waals surface area contributed by atoms with E-state index in [-0.39, 0.29) is 17.5 Å². The Morgan fingerprint density at radius 3 is 2.62 bits per heavy atom. The van der Waals surface area contributed by atoms with Gasteiger partial charge < -0.3 is 5.73 Å². The van der Waals surface area contributed by atoms with Crippen molar-refractivity contribution in [3.05, 3.63) is 0 Å². The summed E-state index contributed by atoms with van der Waals surface area (Å²) in [6, 6.07) is 0.287. The lowest BCUT2D eigenvalue weighted by atomic mass is 10.00. The summed E-state index contributed by atoms with van der Waals surface area (Å²) >= 11 is 0. The number of carbonyl (C=O) groups is 1.